The normalized spacial score (nSPS) is 46.0. The summed E-state index contributed by atoms with van der Waals surface area (Å²) in [5.41, 5.74) is 0.353. The maximum absolute atomic E-state index is 12.0. The summed E-state index contributed by atoms with van der Waals surface area (Å²) in [6.45, 7) is 15.6. The van der Waals surface area contributed by atoms with Crippen molar-refractivity contribution in [1.29, 1.82) is 0 Å². The number of hydrogen-bond donors (Lipinski definition) is 2. The van der Waals surface area contributed by atoms with Crippen LogP contribution in [-0.4, -0.2) is 58.3 Å². The van der Waals surface area contributed by atoms with Crippen LogP contribution in [0.25, 0.3) is 0 Å². The second kappa shape index (κ2) is 9.16. The fourth-order valence-electron chi connectivity index (χ4n) is 7.82. The molecule has 1 aliphatic carbocycles. The number of ether oxygens (including phenoxy) is 4. The first kappa shape index (κ1) is 27.3. The Kier molecular flexibility index (Phi) is 6.76. The van der Waals surface area contributed by atoms with E-state index in [1.165, 1.54) is 5.57 Å². The summed E-state index contributed by atoms with van der Waals surface area (Å²) in [6, 6.07) is 0. The summed E-state index contributed by atoms with van der Waals surface area (Å²) in [7, 11) is 0. The van der Waals surface area contributed by atoms with Crippen molar-refractivity contribution >= 4 is 5.97 Å². The van der Waals surface area contributed by atoms with Gasteiger partial charge in [0.2, 0.25) is 5.79 Å². The molecule has 3 unspecified atom stereocenters. The molecule has 6 aliphatic rings. The van der Waals surface area contributed by atoms with Gasteiger partial charge in [0.05, 0.1) is 12.2 Å². The topological polar surface area (TPSA) is 94.5 Å². The lowest BCUT2D eigenvalue weighted by Gasteiger charge is -2.66. The minimum atomic E-state index is -1.32. The SMILES string of the molecule is C=C1CCC(CC[C@@H]2CC[C@]3(OC2)OC2(O)CCC3(C)OC2(C)C)C(C)(C)[C@H]1C/C=C1/C(=O)OC[C@@H]1O. The molecule has 5 heterocycles. The highest BCUT2D eigenvalue weighted by Crippen LogP contribution is 2.59. The van der Waals surface area contributed by atoms with Crippen LogP contribution in [0.2, 0.25) is 0 Å². The summed E-state index contributed by atoms with van der Waals surface area (Å²) < 4.78 is 24.2. The molecule has 7 heteroatoms. The zero-order chi connectivity index (χ0) is 26.9. The minimum absolute atomic E-state index is 0.0401. The number of cyclic esters (lactones) is 1. The molecule has 6 fully saturated rings. The van der Waals surface area contributed by atoms with Crippen LogP contribution in [0.4, 0.5) is 0 Å². The van der Waals surface area contributed by atoms with Gasteiger partial charge in [0.15, 0.2) is 5.79 Å². The van der Waals surface area contributed by atoms with Crippen molar-refractivity contribution in [2.45, 2.75) is 121 Å². The monoisotopic (exact) mass is 518 g/mol. The van der Waals surface area contributed by atoms with Gasteiger partial charge >= 0.3 is 5.97 Å². The lowest BCUT2D eigenvalue weighted by Crippen LogP contribution is -2.78. The molecule has 0 aromatic rings. The van der Waals surface area contributed by atoms with Gasteiger partial charge in [-0.2, -0.15) is 0 Å². The molecule has 6 rings (SSSR count). The van der Waals surface area contributed by atoms with E-state index in [-0.39, 0.29) is 17.9 Å². The number of esters is 1. The van der Waals surface area contributed by atoms with Crippen LogP contribution in [0.1, 0.15) is 92.4 Å². The minimum Gasteiger partial charge on any atom is -0.459 e. The number of carbonyl (C=O) groups excluding carboxylic acids is 1. The highest BCUT2D eigenvalue weighted by atomic mass is 16.8. The van der Waals surface area contributed by atoms with Crippen LogP contribution in [0, 0.1) is 23.2 Å². The number of allylic oxidation sites excluding steroid dienone is 2. The van der Waals surface area contributed by atoms with Gasteiger partial charge in [-0.25, -0.2) is 4.79 Å². The van der Waals surface area contributed by atoms with E-state index in [2.05, 4.69) is 27.4 Å². The summed E-state index contributed by atoms with van der Waals surface area (Å²) in [4.78, 5) is 12.0. The Balaban J connectivity index is 1.19. The van der Waals surface area contributed by atoms with Crippen LogP contribution >= 0.6 is 0 Å². The summed E-state index contributed by atoms with van der Waals surface area (Å²) in [5.74, 6) is -1.34. The van der Waals surface area contributed by atoms with E-state index >= 15 is 0 Å². The molecule has 5 saturated heterocycles. The second-order valence-electron chi connectivity index (χ2n) is 13.6. The average molecular weight is 519 g/mol. The van der Waals surface area contributed by atoms with Crippen molar-refractivity contribution < 1.29 is 34.0 Å². The summed E-state index contributed by atoms with van der Waals surface area (Å²) in [5, 5.41) is 21.3. The second-order valence-corrected chi connectivity index (χ2v) is 13.6. The quantitative estimate of drug-likeness (QED) is 0.307. The van der Waals surface area contributed by atoms with Crippen molar-refractivity contribution in [3.05, 3.63) is 23.8 Å². The van der Waals surface area contributed by atoms with Gasteiger partial charge in [-0.15, -0.1) is 0 Å². The highest BCUT2D eigenvalue weighted by molar-refractivity contribution is 5.91. The predicted molar refractivity (Wildman–Crippen MR) is 138 cm³/mol. The number of fused-ring (bicyclic) bond motifs is 2. The maximum atomic E-state index is 12.0. The van der Waals surface area contributed by atoms with E-state index in [1.807, 2.05) is 19.9 Å². The average Bonchev–Trinajstić information content (AvgIpc) is 3.13. The first-order chi connectivity index (χ1) is 17.2. The zero-order valence-corrected chi connectivity index (χ0v) is 23.3. The van der Waals surface area contributed by atoms with Gasteiger partial charge in [-0.3, -0.25) is 0 Å². The molecular weight excluding hydrogens is 472 g/mol. The first-order valence-electron chi connectivity index (χ1n) is 14.2. The molecule has 0 amide bonds. The fraction of sp³-hybridized carbons (Fsp3) is 0.833. The lowest BCUT2D eigenvalue weighted by molar-refractivity contribution is -0.522. The molecular formula is C30H46O7. The van der Waals surface area contributed by atoms with Gasteiger partial charge < -0.3 is 29.2 Å². The Bertz CT molecular complexity index is 959. The molecule has 1 saturated carbocycles. The Hall–Kier alpha value is -1.25. The van der Waals surface area contributed by atoms with E-state index < -0.39 is 34.8 Å². The molecule has 0 aromatic heterocycles. The molecule has 0 aromatic carbocycles. The zero-order valence-electron chi connectivity index (χ0n) is 23.3. The predicted octanol–water partition coefficient (Wildman–Crippen LogP) is 4.80. The number of hydrogen-bond acceptors (Lipinski definition) is 7. The van der Waals surface area contributed by atoms with Crippen LogP contribution in [0.5, 0.6) is 0 Å². The summed E-state index contributed by atoms with van der Waals surface area (Å²) >= 11 is 0. The van der Waals surface area contributed by atoms with Crippen molar-refractivity contribution in [2.24, 2.45) is 23.2 Å². The molecule has 208 valence electrons. The molecule has 7 atom stereocenters. The van der Waals surface area contributed by atoms with E-state index in [4.69, 9.17) is 18.9 Å². The largest absolute Gasteiger partial charge is 0.459 e. The van der Waals surface area contributed by atoms with Crippen molar-refractivity contribution in [2.75, 3.05) is 13.2 Å². The van der Waals surface area contributed by atoms with Crippen LogP contribution in [-0.2, 0) is 23.7 Å². The molecule has 5 aliphatic heterocycles. The number of carbonyl (C=O) groups is 1. The van der Waals surface area contributed by atoms with Gasteiger partial charge in [-0.05, 0) is 88.9 Å². The van der Waals surface area contributed by atoms with Crippen LogP contribution in [0.3, 0.4) is 0 Å². The van der Waals surface area contributed by atoms with E-state index in [9.17, 15) is 15.0 Å². The first-order valence-corrected chi connectivity index (χ1v) is 14.2. The third-order valence-electron chi connectivity index (χ3n) is 10.7. The lowest BCUT2D eigenvalue weighted by atomic mass is 9.58. The molecule has 1 spiro atoms. The van der Waals surface area contributed by atoms with E-state index in [0.717, 1.165) is 44.9 Å². The Morgan fingerprint density at radius 2 is 1.78 bits per heavy atom. The van der Waals surface area contributed by atoms with E-state index in [1.54, 1.807) is 0 Å². The van der Waals surface area contributed by atoms with Crippen LogP contribution in [0.15, 0.2) is 23.8 Å². The van der Waals surface area contributed by atoms with Crippen molar-refractivity contribution in [1.82, 2.24) is 0 Å². The Morgan fingerprint density at radius 3 is 2.41 bits per heavy atom. The standard InChI is InChI=1S/C30H46O7/c1-19-7-9-21(26(2,3)23(19)12-11-22-24(31)18-34-25(22)32)10-8-20-13-14-30(35-17-20)28(6)15-16-29(33,37-30)27(4,5)36-28/h11,20-21,23-24,31,33H,1,7-10,12-18H2,2-6H3/b22-11+/t20-,21?,23+,24+,28?,29?,30+/m1/s1. The van der Waals surface area contributed by atoms with Crippen LogP contribution < -0.4 is 0 Å². The summed E-state index contributed by atoms with van der Waals surface area (Å²) in [6.07, 6.45) is 9.09. The van der Waals surface area contributed by atoms with Crippen molar-refractivity contribution in [3.8, 4) is 0 Å². The number of aliphatic hydroxyl groups excluding tert-OH is 1. The molecule has 37 heavy (non-hydrogen) atoms. The third kappa shape index (κ3) is 4.43. The number of rotatable bonds is 5. The van der Waals surface area contributed by atoms with Crippen molar-refractivity contribution in [3.63, 3.8) is 0 Å². The van der Waals surface area contributed by atoms with Gasteiger partial charge in [0, 0.05) is 12.8 Å². The molecule has 0 radical (unpaired) electrons. The maximum Gasteiger partial charge on any atom is 0.336 e. The Labute approximate surface area is 221 Å². The van der Waals surface area contributed by atoms with Gasteiger partial charge in [-0.1, -0.05) is 32.1 Å². The number of aliphatic hydroxyl groups is 2. The van der Waals surface area contributed by atoms with Gasteiger partial charge in [0.25, 0.3) is 0 Å². The highest BCUT2D eigenvalue weighted by Gasteiger charge is 2.71. The Morgan fingerprint density at radius 1 is 1.03 bits per heavy atom. The van der Waals surface area contributed by atoms with Gasteiger partial charge in [0.1, 0.15) is 23.9 Å². The molecule has 2 N–H and O–H groups in total. The molecule has 7 nitrogen and oxygen atoms in total. The fourth-order valence-corrected chi connectivity index (χ4v) is 7.82. The smallest absolute Gasteiger partial charge is 0.336 e. The third-order valence-corrected chi connectivity index (χ3v) is 10.7. The van der Waals surface area contributed by atoms with E-state index in [0.29, 0.717) is 36.9 Å². The molecule has 2 bridgehead atoms.